The van der Waals surface area contributed by atoms with Gasteiger partial charge < -0.3 is 14.7 Å². The number of carbonyl (C=O) groups excluding carboxylic acids is 1. The molecule has 7 nitrogen and oxygen atoms in total. The van der Waals surface area contributed by atoms with Crippen molar-refractivity contribution in [3.05, 3.63) is 11.9 Å². The minimum absolute atomic E-state index is 0.0555. The molecule has 1 atom stereocenters. The normalized spacial score (nSPS) is 25.1. The Morgan fingerprint density at radius 3 is 2.96 bits per heavy atom. The fraction of sp³-hybridized carbons (Fsp3) is 0.812. The Kier molecular flexibility index (Phi) is 4.68. The molecule has 0 aromatic carbocycles. The van der Waals surface area contributed by atoms with E-state index >= 15 is 0 Å². The molecule has 2 heterocycles. The summed E-state index contributed by atoms with van der Waals surface area (Å²) in [5.41, 5.74) is -0.569. The number of likely N-dealkylation sites (tertiary alicyclic amines) is 1. The number of ether oxygens (including phenoxy) is 1. The average molecular weight is 322 g/mol. The van der Waals surface area contributed by atoms with Crippen molar-refractivity contribution in [3.63, 3.8) is 0 Å². The summed E-state index contributed by atoms with van der Waals surface area (Å²) >= 11 is 0. The lowest BCUT2D eigenvalue weighted by atomic mass is 9.90. The van der Waals surface area contributed by atoms with Crippen LogP contribution in [-0.4, -0.2) is 57.2 Å². The predicted octanol–water partition coefficient (Wildman–Crippen LogP) is 1.10. The molecule has 1 aliphatic heterocycles. The molecule has 1 aliphatic carbocycles. The van der Waals surface area contributed by atoms with Gasteiger partial charge in [0.1, 0.15) is 17.9 Å². The Morgan fingerprint density at radius 2 is 2.30 bits per heavy atom. The van der Waals surface area contributed by atoms with E-state index in [-0.39, 0.29) is 25.1 Å². The highest BCUT2D eigenvalue weighted by molar-refractivity contribution is 5.77. The lowest BCUT2D eigenvalue weighted by molar-refractivity contribution is -0.144. The number of piperidine rings is 1. The molecule has 0 spiro atoms. The maximum absolute atomic E-state index is 12.3. The summed E-state index contributed by atoms with van der Waals surface area (Å²) in [5.74, 6) is 0.590. The Bertz CT molecular complexity index is 555. The molecular weight excluding hydrogens is 296 g/mol. The summed E-state index contributed by atoms with van der Waals surface area (Å²) in [4.78, 5) is 14.0. The van der Waals surface area contributed by atoms with Gasteiger partial charge in [-0.1, -0.05) is 5.21 Å². The predicted molar refractivity (Wildman–Crippen MR) is 83.7 cm³/mol. The van der Waals surface area contributed by atoms with Crippen LogP contribution in [0.5, 0.6) is 0 Å². The van der Waals surface area contributed by atoms with Gasteiger partial charge in [0, 0.05) is 12.6 Å². The van der Waals surface area contributed by atoms with E-state index in [1.165, 1.54) is 12.8 Å². The van der Waals surface area contributed by atoms with Gasteiger partial charge >= 0.3 is 0 Å². The average Bonchev–Trinajstić information content (AvgIpc) is 3.19. The number of amides is 1. The minimum Gasteiger partial charge on any atom is -0.382 e. The third kappa shape index (κ3) is 3.90. The third-order valence-corrected chi connectivity index (χ3v) is 4.62. The standard InChI is InChI=1S/C16H26N4O3/c1-12(2)20-8-14(17-18-20)16(22)6-3-7-19(11-16)15(21)10-23-9-13-4-5-13/h8,12-13,22H,3-7,9-11H2,1-2H3/t16-/m0/s1. The maximum atomic E-state index is 12.3. The smallest absolute Gasteiger partial charge is 0.248 e. The van der Waals surface area contributed by atoms with E-state index in [2.05, 4.69) is 10.3 Å². The molecule has 2 aliphatic rings. The second-order valence-corrected chi connectivity index (χ2v) is 7.09. The van der Waals surface area contributed by atoms with Crippen LogP contribution < -0.4 is 0 Å². The number of β-amino-alcohol motifs (C(OH)–C–C–N with tert-alkyl or cyclic N) is 1. The van der Waals surface area contributed by atoms with Gasteiger partial charge in [-0.3, -0.25) is 4.79 Å². The second kappa shape index (κ2) is 6.57. The molecule has 1 aromatic rings. The summed E-state index contributed by atoms with van der Waals surface area (Å²) in [6.45, 7) is 5.71. The van der Waals surface area contributed by atoms with Crippen LogP contribution in [-0.2, 0) is 15.1 Å². The van der Waals surface area contributed by atoms with Crippen LogP contribution in [0, 0.1) is 5.92 Å². The number of hydrogen-bond acceptors (Lipinski definition) is 5. The summed E-state index contributed by atoms with van der Waals surface area (Å²) in [6.07, 6.45) is 5.55. The van der Waals surface area contributed by atoms with Crippen molar-refractivity contribution in [1.29, 1.82) is 0 Å². The van der Waals surface area contributed by atoms with E-state index in [9.17, 15) is 9.90 Å². The first-order valence-electron chi connectivity index (χ1n) is 8.48. The van der Waals surface area contributed by atoms with Gasteiger partial charge in [0.2, 0.25) is 5.91 Å². The van der Waals surface area contributed by atoms with Gasteiger partial charge in [0.05, 0.1) is 19.3 Å². The number of aromatic nitrogens is 3. The molecule has 1 N–H and O–H groups in total. The van der Waals surface area contributed by atoms with Gasteiger partial charge in [-0.2, -0.15) is 0 Å². The van der Waals surface area contributed by atoms with E-state index in [1.807, 2.05) is 13.8 Å². The molecular formula is C16H26N4O3. The monoisotopic (exact) mass is 322 g/mol. The van der Waals surface area contributed by atoms with Gasteiger partial charge in [0.25, 0.3) is 0 Å². The van der Waals surface area contributed by atoms with Gasteiger partial charge in [-0.15, -0.1) is 5.10 Å². The van der Waals surface area contributed by atoms with Crippen LogP contribution >= 0.6 is 0 Å². The Balaban J connectivity index is 1.59. The van der Waals surface area contributed by atoms with E-state index in [4.69, 9.17) is 4.74 Å². The molecule has 1 aromatic heterocycles. The zero-order chi connectivity index (χ0) is 16.4. The number of nitrogens with zero attached hydrogens (tertiary/aromatic N) is 4. The number of rotatable bonds is 6. The number of aliphatic hydroxyl groups is 1. The first-order valence-corrected chi connectivity index (χ1v) is 8.48. The topological polar surface area (TPSA) is 80.5 Å². The molecule has 0 unspecified atom stereocenters. The van der Waals surface area contributed by atoms with Crippen LogP contribution in [0.1, 0.15) is 51.3 Å². The van der Waals surface area contributed by atoms with Gasteiger partial charge in [-0.25, -0.2) is 4.68 Å². The minimum atomic E-state index is -1.11. The van der Waals surface area contributed by atoms with Crippen molar-refractivity contribution in [2.75, 3.05) is 26.3 Å². The number of carbonyl (C=O) groups is 1. The molecule has 128 valence electrons. The SMILES string of the molecule is CC(C)n1cc([C@]2(O)CCCN(C(=O)COCC3CC3)C2)nn1. The lowest BCUT2D eigenvalue weighted by Crippen LogP contribution is -2.49. The fourth-order valence-corrected chi connectivity index (χ4v) is 2.89. The van der Waals surface area contributed by atoms with Crippen molar-refractivity contribution in [1.82, 2.24) is 19.9 Å². The first-order chi connectivity index (χ1) is 11.0. The van der Waals surface area contributed by atoms with E-state index in [1.54, 1.807) is 15.8 Å². The summed E-state index contributed by atoms with van der Waals surface area (Å²) in [5, 5.41) is 19.1. The van der Waals surface area contributed by atoms with Crippen molar-refractivity contribution in [2.45, 2.75) is 51.2 Å². The molecule has 23 heavy (non-hydrogen) atoms. The second-order valence-electron chi connectivity index (χ2n) is 7.09. The first kappa shape index (κ1) is 16.4. The molecule has 1 saturated heterocycles. The van der Waals surface area contributed by atoms with E-state index < -0.39 is 5.60 Å². The quantitative estimate of drug-likeness (QED) is 0.848. The largest absolute Gasteiger partial charge is 0.382 e. The van der Waals surface area contributed by atoms with Crippen LogP contribution in [0.2, 0.25) is 0 Å². The van der Waals surface area contributed by atoms with Crippen LogP contribution in [0.3, 0.4) is 0 Å². The summed E-state index contributed by atoms with van der Waals surface area (Å²) < 4.78 is 7.21. The summed E-state index contributed by atoms with van der Waals surface area (Å²) in [6, 6.07) is 0.192. The fourth-order valence-electron chi connectivity index (χ4n) is 2.89. The molecule has 1 amide bonds. The highest BCUT2D eigenvalue weighted by atomic mass is 16.5. The molecule has 1 saturated carbocycles. The lowest BCUT2D eigenvalue weighted by Gasteiger charge is -2.37. The molecule has 0 radical (unpaired) electrons. The summed E-state index contributed by atoms with van der Waals surface area (Å²) in [7, 11) is 0. The Hall–Kier alpha value is -1.47. The van der Waals surface area contributed by atoms with Crippen molar-refractivity contribution in [3.8, 4) is 0 Å². The van der Waals surface area contributed by atoms with Gasteiger partial charge in [-0.05, 0) is 45.4 Å². The molecule has 3 rings (SSSR count). The zero-order valence-electron chi connectivity index (χ0n) is 13.9. The number of hydrogen-bond donors (Lipinski definition) is 1. The highest BCUT2D eigenvalue weighted by Crippen LogP contribution is 2.31. The van der Waals surface area contributed by atoms with Crippen molar-refractivity contribution >= 4 is 5.91 Å². The van der Waals surface area contributed by atoms with Crippen molar-refractivity contribution in [2.24, 2.45) is 5.92 Å². The third-order valence-electron chi connectivity index (χ3n) is 4.62. The molecule has 0 bridgehead atoms. The highest BCUT2D eigenvalue weighted by Gasteiger charge is 2.39. The van der Waals surface area contributed by atoms with Crippen LogP contribution in [0.4, 0.5) is 0 Å². The van der Waals surface area contributed by atoms with Crippen molar-refractivity contribution < 1.29 is 14.6 Å². The van der Waals surface area contributed by atoms with Crippen LogP contribution in [0.15, 0.2) is 6.20 Å². The van der Waals surface area contributed by atoms with Crippen LogP contribution in [0.25, 0.3) is 0 Å². The van der Waals surface area contributed by atoms with E-state index in [0.29, 0.717) is 31.2 Å². The Morgan fingerprint density at radius 1 is 1.52 bits per heavy atom. The zero-order valence-corrected chi connectivity index (χ0v) is 13.9. The Labute approximate surface area is 136 Å². The maximum Gasteiger partial charge on any atom is 0.248 e. The molecule has 2 fully saturated rings. The van der Waals surface area contributed by atoms with Gasteiger partial charge in [0.15, 0.2) is 0 Å². The van der Waals surface area contributed by atoms with E-state index in [0.717, 1.165) is 6.42 Å². The molecule has 7 heteroatoms.